The highest BCUT2D eigenvalue weighted by molar-refractivity contribution is 6.35. The van der Waals surface area contributed by atoms with Crippen molar-refractivity contribution in [1.82, 2.24) is 9.97 Å². The van der Waals surface area contributed by atoms with Gasteiger partial charge in [0.15, 0.2) is 0 Å². The van der Waals surface area contributed by atoms with Crippen molar-refractivity contribution in [1.29, 1.82) is 0 Å². The first-order valence-corrected chi connectivity index (χ1v) is 7.51. The summed E-state index contributed by atoms with van der Waals surface area (Å²) < 4.78 is 0. The normalized spacial score (nSPS) is 11.2. The van der Waals surface area contributed by atoms with Crippen LogP contribution < -0.4 is 10.9 Å². The summed E-state index contributed by atoms with van der Waals surface area (Å²) in [6, 6.07) is 11.7. The summed E-state index contributed by atoms with van der Waals surface area (Å²) in [5.41, 5.74) is 9.80. The van der Waals surface area contributed by atoms with E-state index in [-0.39, 0.29) is 0 Å². The first kappa shape index (κ1) is 13.4. The minimum absolute atomic E-state index is 0.636. The fourth-order valence-corrected chi connectivity index (χ4v) is 2.91. The van der Waals surface area contributed by atoms with Gasteiger partial charge >= 0.3 is 0 Å². The number of anilines is 2. The van der Waals surface area contributed by atoms with Crippen molar-refractivity contribution in [3.05, 3.63) is 58.8 Å². The Bertz CT molecular complexity index is 891. The van der Waals surface area contributed by atoms with Crippen LogP contribution in [0.1, 0.15) is 0 Å². The average Bonchev–Trinajstić information content (AvgIpc) is 3.12. The zero-order valence-corrected chi connectivity index (χ0v) is 12.9. The van der Waals surface area contributed by atoms with Crippen LogP contribution in [0.25, 0.3) is 21.8 Å². The van der Waals surface area contributed by atoms with Crippen molar-refractivity contribution in [2.24, 2.45) is 0 Å². The zero-order valence-electron chi connectivity index (χ0n) is 11.4. The minimum atomic E-state index is 0.636. The van der Waals surface area contributed by atoms with Crippen molar-refractivity contribution in [3.63, 3.8) is 0 Å². The molecule has 0 spiro atoms. The molecule has 2 aromatic heterocycles. The van der Waals surface area contributed by atoms with Gasteiger partial charge in [-0.15, -0.1) is 0 Å². The predicted molar refractivity (Wildman–Crippen MR) is 93.9 cm³/mol. The van der Waals surface area contributed by atoms with E-state index in [1.54, 1.807) is 0 Å². The van der Waals surface area contributed by atoms with Gasteiger partial charge in [0.05, 0.1) is 21.4 Å². The summed E-state index contributed by atoms with van der Waals surface area (Å²) in [4.78, 5) is 6.32. The molecule has 0 amide bonds. The maximum atomic E-state index is 6.29. The molecule has 2 heterocycles. The highest BCUT2D eigenvalue weighted by Gasteiger charge is 2.06. The third-order valence-electron chi connectivity index (χ3n) is 3.61. The number of hydrogen-bond donors (Lipinski definition) is 4. The van der Waals surface area contributed by atoms with Crippen LogP contribution in [0, 0.1) is 0 Å². The molecule has 6 heteroatoms. The molecule has 4 rings (SSSR count). The van der Waals surface area contributed by atoms with E-state index in [0.717, 1.165) is 33.2 Å². The standard InChI is InChI=1S/C16H12Cl2N4/c17-11-5-9-1-3-19-13(9)7-15(11)21-22-16-8-14-10(2-4-20-14)6-12(16)18/h1-8,19-22H. The van der Waals surface area contributed by atoms with Gasteiger partial charge in [-0.05, 0) is 36.4 Å². The summed E-state index contributed by atoms with van der Waals surface area (Å²) in [7, 11) is 0. The van der Waals surface area contributed by atoms with Crippen molar-refractivity contribution < 1.29 is 0 Å². The van der Waals surface area contributed by atoms with E-state index in [9.17, 15) is 0 Å². The van der Waals surface area contributed by atoms with Crippen LogP contribution in [-0.4, -0.2) is 9.97 Å². The fraction of sp³-hybridized carbons (Fsp3) is 0. The smallest absolute Gasteiger partial charge is 0.0747 e. The topological polar surface area (TPSA) is 55.6 Å². The van der Waals surface area contributed by atoms with Gasteiger partial charge in [0.25, 0.3) is 0 Å². The quantitative estimate of drug-likeness (QED) is 0.380. The number of hydrazine groups is 1. The number of nitrogens with one attached hydrogen (secondary N) is 4. The SMILES string of the molecule is Clc1cc2cc[nH]c2cc1NNc1cc2[nH]ccc2cc1Cl. The van der Waals surface area contributed by atoms with Crippen LogP contribution in [0.5, 0.6) is 0 Å². The third-order valence-corrected chi connectivity index (χ3v) is 4.24. The van der Waals surface area contributed by atoms with Gasteiger partial charge in [0, 0.05) is 34.2 Å². The van der Waals surface area contributed by atoms with Crippen molar-refractivity contribution >= 4 is 56.4 Å². The molecule has 0 unspecified atom stereocenters. The predicted octanol–water partition coefficient (Wildman–Crippen LogP) is 5.40. The fourth-order valence-electron chi connectivity index (χ4n) is 2.47. The Morgan fingerprint density at radius 3 is 1.59 bits per heavy atom. The molecule has 4 aromatic rings. The van der Waals surface area contributed by atoms with Gasteiger partial charge in [-0.2, -0.15) is 0 Å². The first-order chi connectivity index (χ1) is 10.7. The number of hydrogen-bond acceptors (Lipinski definition) is 2. The largest absolute Gasteiger partial charge is 0.361 e. The summed E-state index contributed by atoms with van der Waals surface area (Å²) in [5.74, 6) is 0. The van der Waals surface area contributed by atoms with E-state index >= 15 is 0 Å². The summed E-state index contributed by atoms with van der Waals surface area (Å²) >= 11 is 12.6. The summed E-state index contributed by atoms with van der Waals surface area (Å²) in [6.45, 7) is 0. The monoisotopic (exact) mass is 330 g/mol. The average molecular weight is 331 g/mol. The van der Waals surface area contributed by atoms with Crippen molar-refractivity contribution in [2.45, 2.75) is 0 Å². The van der Waals surface area contributed by atoms with Crippen LogP contribution >= 0.6 is 23.2 Å². The molecule has 0 saturated carbocycles. The second kappa shape index (κ2) is 5.16. The van der Waals surface area contributed by atoms with E-state index in [4.69, 9.17) is 23.2 Å². The van der Waals surface area contributed by atoms with Crippen LogP contribution in [0.15, 0.2) is 48.8 Å². The Kier molecular flexibility index (Phi) is 3.13. The van der Waals surface area contributed by atoms with Gasteiger partial charge in [-0.25, -0.2) is 0 Å². The number of rotatable bonds is 3. The lowest BCUT2D eigenvalue weighted by Gasteiger charge is -2.13. The Hall–Kier alpha value is -2.30. The molecule has 0 atom stereocenters. The minimum Gasteiger partial charge on any atom is -0.361 e. The second-order valence-corrected chi connectivity index (χ2v) is 5.86. The van der Waals surface area contributed by atoms with Gasteiger partial charge in [0.1, 0.15) is 0 Å². The molecule has 4 nitrogen and oxygen atoms in total. The second-order valence-electron chi connectivity index (χ2n) is 5.04. The van der Waals surface area contributed by atoms with E-state index < -0.39 is 0 Å². The number of aromatic nitrogens is 2. The van der Waals surface area contributed by atoms with E-state index in [0.29, 0.717) is 10.0 Å². The molecule has 0 aliphatic rings. The molecular weight excluding hydrogens is 319 g/mol. The van der Waals surface area contributed by atoms with Crippen molar-refractivity contribution in [3.8, 4) is 0 Å². The lowest BCUT2D eigenvalue weighted by molar-refractivity contribution is 1.41. The molecule has 0 radical (unpaired) electrons. The number of benzene rings is 2. The Morgan fingerprint density at radius 1 is 0.682 bits per heavy atom. The lowest BCUT2D eigenvalue weighted by atomic mass is 10.2. The van der Waals surface area contributed by atoms with Crippen LogP contribution in [0.3, 0.4) is 0 Å². The van der Waals surface area contributed by atoms with Gasteiger partial charge in [0.2, 0.25) is 0 Å². The van der Waals surface area contributed by atoms with Gasteiger partial charge < -0.3 is 9.97 Å². The molecule has 22 heavy (non-hydrogen) atoms. The maximum Gasteiger partial charge on any atom is 0.0747 e. The Labute approximate surface area is 136 Å². The molecular formula is C16H12Cl2N4. The van der Waals surface area contributed by atoms with Crippen LogP contribution in [-0.2, 0) is 0 Å². The zero-order chi connectivity index (χ0) is 15.1. The summed E-state index contributed by atoms with van der Waals surface area (Å²) in [6.07, 6.45) is 3.77. The van der Waals surface area contributed by atoms with E-state index in [1.165, 1.54) is 0 Å². The van der Waals surface area contributed by atoms with Crippen LogP contribution in [0.2, 0.25) is 10.0 Å². The number of H-pyrrole nitrogens is 2. The number of fused-ring (bicyclic) bond motifs is 2. The molecule has 4 N–H and O–H groups in total. The number of aromatic amines is 2. The third kappa shape index (κ3) is 2.26. The Morgan fingerprint density at radius 2 is 1.14 bits per heavy atom. The highest BCUT2D eigenvalue weighted by Crippen LogP contribution is 2.30. The Balaban J connectivity index is 1.64. The van der Waals surface area contributed by atoms with E-state index in [1.807, 2.05) is 48.8 Å². The lowest BCUT2D eigenvalue weighted by Crippen LogP contribution is -2.09. The van der Waals surface area contributed by atoms with Gasteiger partial charge in [-0.3, -0.25) is 10.9 Å². The summed E-state index contributed by atoms with van der Waals surface area (Å²) in [5, 5.41) is 3.41. The van der Waals surface area contributed by atoms with Crippen molar-refractivity contribution in [2.75, 3.05) is 10.9 Å². The van der Waals surface area contributed by atoms with E-state index in [2.05, 4.69) is 20.8 Å². The highest BCUT2D eigenvalue weighted by atomic mass is 35.5. The van der Waals surface area contributed by atoms with Crippen LogP contribution in [0.4, 0.5) is 11.4 Å². The first-order valence-electron chi connectivity index (χ1n) is 6.76. The molecule has 0 aliphatic carbocycles. The molecule has 0 saturated heterocycles. The number of halogens is 2. The molecule has 2 aromatic carbocycles. The molecule has 0 aliphatic heterocycles. The molecule has 110 valence electrons. The van der Waals surface area contributed by atoms with Gasteiger partial charge in [-0.1, -0.05) is 23.2 Å². The molecule has 0 fully saturated rings. The maximum absolute atomic E-state index is 6.29. The molecule has 0 bridgehead atoms.